The number of nitrogens with zero attached hydrogens (tertiary/aromatic N) is 2. The molecule has 0 fully saturated rings. The summed E-state index contributed by atoms with van der Waals surface area (Å²) in [6, 6.07) is 25.2. The van der Waals surface area contributed by atoms with E-state index in [0.717, 1.165) is 28.1 Å². The Bertz CT molecular complexity index is 1050. The first kappa shape index (κ1) is 17.7. The molecule has 1 aliphatic heterocycles. The number of aryl methyl sites for hydroxylation is 1. The molecule has 4 heteroatoms. The number of amides is 1. The van der Waals surface area contributed by atoms with Gasteiger partial charge >= 0.3 is 0 Å². The van der Waals surface area contributed by atoms with Crippen molar-refractivity contribution in [2.75, 3.05) is 12.1 Å². The lowest BCUT2D eigenvalue weighted by atomic mass is 10.00. The normalized spacial score (nSPS) is 15.1. The highest BCUT2D eigenvalue weighted by Crippen LogP contribution is 2.28. The van der Waals surface area contributed by atoms with Crippen LogP contribution in [-0.2, 0) is 4.79 Å². The van der Waals surface area contributed by atoms with Crippen molar-refractivity contribution in [3.8, 4) is 5.75 Å². The second kappa shape index (κ2) is 7.53. The molecule has 1 amide bonds. The highest BCUT2D eigenvalue weighted by molar-refractivity contribution is 6.37. The fourth-order valence-electron chi connectivity index (χ4n) is 3.08. The summed E-state index contributed by atoms with van der Waals surface area (Å²) in [6.45, 7) is 2.02. The number of methoxy groups -OCH3 is 1. The molecule has 0 unspecified atom stereocenters. The number of hydrogen-bond acceptors (Lipinski definition) is 3. The number of hydrogen-bond donors (Lipinski definition) is 0. The minimum atomic E-state index is -0.140. The molecule has 1 aliphatic rings. The van der Waals surface area contributed by atoms with Crippen molar-refractivity contribution in [2.24, 2.45) is 5.10 Å². The predicted molar refractivity (Wildman–Crippen MR) is 113 cm³/mol. The fourth-order valence-corrected chi connectivity index (χ4v) is 3.08. The maximum absolute atomic E-state index is 13.2. The van der Waals surface area contributed by atoms with Gasteiger partial charge in [0.05, 0.1) is 18.4 Å². The van der Waals surface area contributed by atoms with Crippen LogP contribution in [0.4, 0.5) is 5.69 Å². The van der Waals surface area contributed by atoms with Crippen LogP contribution >= 0.6 is 0 Å². The molecule has 0 spiro atoms. The van der Waals surface area contributed by atoms with Gasteiger partial charge in [0, 0.05) is 5.56 Å². The van der Waals surface area contributed by atoms with Gasteiger partial charge in [-0.15, -0.1) is 0 Å². The maximum atomic E-state index is 13.2. The number of benzene rings is 3. The standard InChI is InChI=1S/C24H20N2O2/c1-17-8-12-20(13-9-17)26-24(27)22(16-18-6-4-3-5-7-18)23(25-26)19-10-14-21(28-2)15-11-19/h3-16H,1-2H3/b22-16-. The van der Waals surface area contributed by atoms with Gasteiger partial charge < -0.3 is 4.74 Å². The van der Waals surface area contributed by atoms with Crippen LogP contribution in [0.15, 0.2) is 89.5 Å². The summed E-state index contributed by atoms with van der Waals surface area (Å²) in [6.07, 6.45) is 1.89. The minimum absolute atomic E-state index is 0.140. The Hall–Kier alpha value is -3.66. The molecule has 138 valence electrons. The summed E-state index contributed by atoms with van der Waals surface area (Å²) in [5, 5.41) is 6.13. The molecule has 0 bridgehead atoms. The molecule has 0 atom stereocenters. The zero-order valence-electron chi connectivity index (χ0n) is 15.8. The lowest BCUT2D eigenvalue weighted by Crippen LogP contribution is -2.21. The topological polar surface area (TPSA) is 41.9 Å². The van der Waals surface area contributed by atoms with E-state index in [-0.39, 0.29) is 5.91 Å². The number of anilines is 1. The monoisotopic (exact) mass is 368 g/mol. The van der Waals surface area contributed by atoms with E-state index in [9.17, 15) is 4.79 Å². The van der Waals surface area contributed by atoms with Crippen molar-refractivity contribution in [3.05, 3.63) is 101 Å². The van der Waals surface area contributed by atoms with E-state index in [0.29, 0.717) is 11.3 Å². The molecular weight excluding hydrogens is 348 g/mol. The molecule has 4 nitrogen and oxygen atoms in total. The Morgan fingerprint density at radius 3 is 2.21 bits per heavy atom. The van der Waals surface area contributed by atoms with Crippen LogP contribution in [0.1, 0.15) is 16.7 Å². The summed E-state index contributed by atoms with van der Waals surface area (Å²) >= 11 is 0. The minimum Gasteiger partial charge on any atom is -0.497 e. The summed E-state index contributed by atoms with van der Waals surface area (Å²) in [4.78, 5) is 13.2. The van der Waals surface area contributed by atoms with Crippen molar-refractivity contribution < 1.29 is 9.53 Å². The molecule has 0 N–H and O–H groups in total. The van der Waals surface area contributed by atoms with E-state index in [2.05, 4.69) is 5.10 Å². The van der Waals surface area contributed by atoms with Gasteiger partial charge in [0.1, 0.15) is 11.5 Å². The summed E-state index contributed by atoms with van der Waals surface area (Å²) in [5.41, 5.74) is 4.92. The van der Waals surface area contributed by atoms with Crippen LogP contribution < -0.4 is 9.75 Å². The van der Waals surface area contributed by atoms with Crippen LogP contribution in [-0.4, -0.2) is 18.7 Å². The van der Waals surface area contributed by atoms with E-state index in [1.54, 1.807) is 7.11 Å². The van der Waals surface area contributed by atoms with Gasteiger partial charge in [-0.25, -0.2) is 0 Å². The summed E-state index contributed by atoms with van der Waals surface area (Å²) < 4.78 is 5.25. The number of carbonyl (C=O) groups excluding carboxylic acids is 1. The molecular formula is C24H20N2O2. The van der Waals surface area contributed by atoms with Crippen molar-refractivity contribution in [2.45, 2.75) is 6.92 Å². The van der Waals surface area contributed by atoms with Gasteiger partial charge in [-0.3, -0.25) is 4.79 Å². The largest absolute Gasteiger partial charge is 0.497 e. The van der Waals surface area contributed by atoms with E-state index >= 15 is 0 Å². The summed E-state index contributed by atoms with van der Waals surface area (Å²) in [7, 11) is 1.63. The zero-order valence-corrected chi connectivity index (χ0v) is 15.8. The smallest absolute Gasteiger partial charge is 0.281 e. The Morgan fingerprint density at radius 2 is 1.57 bits per heavy atom. The van der Waals surface area contributed by atoms with Gasteiger partial charge in [0.2, 0.25) is 0 Å². The Morgan fingerprint density at radius 1 is 0.893 bits per heavy atom. The molecule has 0 saturated heterocycles. The Kier molecular flexibility index (Phi) is 4.77. The van der Waals surface area contributed by atoms with Crippen molar-refractivity contribution in [1.82, 2.24) is 0 Å². The number of hydrazone groups is 1. The lowest BCUT2D eigenvalue weighted by Gasteiger charge is -2.11. The van der Waals surface area contributed by atoms with Gasteiger partial charge in [0.25, 0.3) is 5.91 Å². The van der Waals surface area contributed by atoms with E-state index < -0.39 is 0 Å². The van der Waals surface area contributed by atoms with Gasteiger partial charge in [0.15, 0.2) is 0 Å². The summed E-state index contributed by atoms with van der Waals surface area (Å²) in [5.74, 6) is 0.621. The van der Waals surface area contributed by atoms with Crippen LogP contribution in [0.3, 0.4) is 0 Å². The van der Waals surface area contributed by atoms with Crippen LogP contribution in [0.5, 0.6) is 5.75 Å². The average Bonchev–Trinajstić information content (AvgIpc) is 3.06. The third kappa shape index (κ3) is 3.45. The fraction of sp³-hybridized carbons (Fsp3) is 0.0833. The molecule has 28 heavy (non-hydrogen) atoms. The number of carbonyl (C=O) groups is 1. The van der Waals surface area contributed by atoms with Crippen LogP contribution in [0.2, 0.25) is 0 Å². The third-order valence-electron chi connectivity index (χ3n) is 4.63. The highest BCUT2D eigenvalue weighted by atomic mass is 16.5. The molecule has 0 radical (unpaired) electrons. The van der Waals surface area contributed by atoms with Gasteiger partial charge in [-0.2, -0.15) is 10.1 Å². The molecule has 4 rings (SSSR count). The highest BCUT2D eigenvalue weighted by Gasteiger charge is 2.32. The lowest BCUT2D eigenvalue weighted by molar-refractivity contribution is -0.114. The first-order valence-electron chi connectivity index (χ1n) is 9.07. The molecule has 1 heterocycles. The SMILES string of the molecule is COc1ccc(C2=NN(c3ccc(C)cc3)C(=O)/C2=C\c2ccccc2)cc1. The first-order chi connectivity index (χ1) is 13.7. The predicted octanol–water partition coefficient (Wildman–Crippen LogP) is 4.84. The first-order valence-corrected chi connectivity index (χ1v) is 9.07. The van der Waals surface area contributed by atoms with Crippen molar-refractivity contribution in [3.63, 3.8) is 0 Å². The molecule has 0 aromatic heterocycles. The van der Waals surface area contributed by atoms with E-state index in [4.69, 9.17) is 4.74 Å². The van der Waals surface area contributed by atoms with Crippen molar-refractivity contribution in [1.29, 1.82) is 0 Å². The van der Waals surface area contributed by atoms with Crippen LogP contribution in [0, 0.1) is 6.92 Å². The molecule has 3 aromatic carbocycles. The second-order valence-electron chi connectivity index (χ2n) is 6.60. The van der Waals surface area contributed by atoms with Gasteiger partial charge in [-0.05, 0) is 55.0 Å². The Balaban J connectivity index is 1.80. The Labute approximate surface area is 164 Å². The molecule has 0 aliphatic carbocycles. The zero-order chi connectivity index (χ0) is 19.5. The quantitative estimate of drug-likeness (QED) is 0.619. The van der Waals surface area contributed by atoms with E-state index in [1.165, 1.54) is 5.01 Å². The number of ether oxygens (including phenoxy) is 1. The van der Waals surface area contributed by atoms with Crippen molar-refractivity contribution >= 4 is 23.4 Å². The average molecular weight is 368 g/mol. The van der Waals surface area contributed by atoms with Gasteiger partial charge in [-0.1, -0.05) is 48.0 Å². The third-order valence-corrected chi connectivity index (χ3v) is 4.63. The molecule has 3 aromatic rings. The second-order valence-corrected chi connectivity index (χ2v) is 6.60. The molecule has 0 saturated carbocycles. The van der Waals surface area contributed by atoms with E-state index in [1.807, 2.05) is 91.9 Å². The maximum Gasteiger partial charge on any atom is 0.281 e. The number of rotatable bonds is 4. The van der Waals surface area contributed by atoms with Crippen LogP contribution in [0.25, 0.3) is 6.08 Å².